The second-order valence-electron chi connectivity index (χ2n) is 10.5. The SMILES string of the molecule is CCc1ccc(N2C(=O)C3C(c4ccc(C=Cc5ccccc5)cc4)NC(C(=O)O)(c4ccccc4)C3C2=O)cc1. The Kier molecular flexibility index (Phi) is 6.85. The van der Waals surface area contributed by atoms with Gasteiger partial charge in [0, 0.05) is 6.04 Å². The summed E-state index contributed by atoms with van der Waals surface area (Å²) in [5, 5.41) is 14.0. The molecule has 2 aliphatic heterocycles. The Morgan fingerprint density at radius 3 is 1.98 bits per heavy atom. The minimum absolute atomic E-state index is 0.395. The first-order valence-corrected chi connectivity index (χ1v) is 13.8. The van der Waals surface area contributed by atoms with Gasteiger partial charge in [-0.2, -0.15) is 0 Å². The van der Waals surface area contributed by atoms with E-state index in [0.717, 1.165) is 28.7 Å². The van der Waals surface area contributed by atoms with E-state index in [1.807, 2.05) is 85.8 Å². The number of nitrogens with zero attached hydrogens (tertiary/aromatic N) is 1. The van der Waals surface area contributed by atoms with E-state index in [1.165, 1.54) is 4.90 Å². The van der Waals surface area contributed by atoms with Crippen LogP contribution in [0.4, 0.5) is 5.69 Å². The largest absolute Gasteiger partial charge is 0.480 e. The quantitative estimate of drug-likeness (QED) is 0.226. The molecule has 0 saturated carbocycles. The van der Waals surface area contributed by atoms with Gasteiger partial charge in [-0.15, -0.1) is 0 Å². The molecule has 6 heteroatoms. The highest BCUT2D eigenvalue weighted by Gasteiger charge is 2.69. The molecule has 204 valence electrons. The zero-order chi connectivity index (χ0) is 28.6. The molecule has 0 aliphatic carbocycles. The Hall–Kier alpha value is -4.81. The first-order valence-electron chi connectivity index (χ1n) is 13.8. The number of imide groups is 1. The van der Waals surface area contributed by atoms with Gasteiger partial charge < -0.3 is 5.11 Å². The zero-order valence-electron chi connectivity index (χ0n) is 22.6. The van der Waals surface area contributed by atoms with Gasteiger partial charge >= 0.3 is 5.97 Å². The predicted molar refractivity (Wildman–Crippen MR) is 159 cm³/mol. The third-order valence-corrected chi connectivity index (χ3v) is 8.29. The van der Waals surface area contributed by atoms with Crippen LogP contribution in [0.1, 0.15) is 40.8 Å². The minimum atomic E-state index is -1.77. The zero-order valence-corrected chi connectivity index (χ0v) is 22.6. The summed E-state index contributed by atoms with van der Waals surface area (Å²) >= 11 is 0. The van der Waals surface area contributed by atoms with E-state index in [1.54, 1.807) is 42.5 Å². The number of hydrogen-bond acceptors (Lipinski definition) is 4. The molecule has 2 saturated heterocycles. The van der Waals surface area contributed by atoms with Crippen molar-refractivity contribution in [3.05, 3.63) is 137 Å². The number of aryl methyl sites for hydroxylation is 1. The fourth-order valence-corrected chi connectivity index (χ4v) is 6.19. The van der Waals surface area contributed by atoms with E-state index in [9.17, 15) is 19.5 Å². The Bertz CT molecular complexity index is 1610. The number of hydrogen-bond donors (Lipinski definition) is 2. The van der Waals surface area contributed by atoms with Gasteiger partial charge in [0.25, 0.3) is 0 Å². The summed E-state index contributed by atoms with van der Waals surface area (Å²) < 4.78 is 0. The molecular weight excluding hydrogens is 512 g/mol. The topological polar surface area (TPSA) is 86.7 Å². The van der Waals surface area contributed by atoms with Crippen LogP contribution < -0.4 is 10.2 Å². The molecule has 0 aromatic heterocycles. The summed E-state index contributed by atoms with van der Waals surface area (Å²) in [5.41, 5.74) is 3.00. The molecule has 6 nitrogen and oxygen atoms in total. The van der Waals surface area contributed by atoms with Crippen LogP contribution in [0.25, 0.3) is 12.2 Å². The number of fused-ring (bicyclic) bond motifs is 1. The number of carboxylic acids is 1. The summed E-state index contributed by atoms with van der Waals surface area (Å²) in [7, 11) is 0. The van der Waals surface area contributed by atoms with E-state index in [2.05, 4.69) is 5.32 Å². The number of carbonyl (C=O) groups excluding carboxylic acids is 2. The molecule has 6 rings (SSSR count). The van der Waals surface area contributed by atoms with Crippen molar-refractivity contribution in [1.82, 2.24) is 5.32 Å². The van der Waals surface area contributed by atoms with Crippen molar-refractivity contribution in [3.63, 3.8) is 0 Å². The third kappa shape index (κ3) is 4.46. The molecule has 2 fully saturated rings. The smallest absolute Gasteiger partial charge is 0.329 e. The number of aliphatic carboxylic acids is 1. The van der Waals surface area contributed by atoms with Gasteiger partial charge in [0.15, 0.2) is 5.54 Å². The first kappa shape index (κ1) is 26.4. The lowest BCUT2D eigenvalue weighted by Gasteiger charge is -2.31. The summed E-state index contributed by atoms with van der Waals surface area (Å²) in [6.45, 7) is 2.03. The average Bonchev–Trinajstić information content (AvgIpc) is 3.51. The van der Waals surface area contributed by atoms with E-state index >= 15 is 0 Å². The van der Waals surface area contributed by atoms with Crippen LogP contribution in [0.2, 0.25) is 0 Å². The first-order chi connectivity index (χ1) is 19.9. The van der Waals surface area contributed by atoms with Crippen LogP contribution in [0.5, 0.6) is 0 Å². The highest BCUT2D eigenvalue weighted by Crippen LogP contribution is 2.53. The maximum Gasteiger partial charge on any atom is 0.329 e. The Morgan fingerprint density at radius 1 is 0.805 bits per heavy atom. The standard InChI is InChI=1S/C35H30N2O4/c1-2-23-17-21-28(22-18-23)37-32(38)29-30(33(37)39)35(34(40)41,27-11-7-4-8-12-27)36-31(29)26-19-15-25(16-20-26)14-13-24-9-5-3-6-10-24/h3-22,29-31,36H,2H2,1H3,(H,40,41). The molecule has 4 unspecified atom stereocenters. The number of benzene rings is 4. The average molecular weight is 543 g/mol. The third-order valence-electron chi connectivity index (χ3n) is 8.29. The molecule has 2 N–H and O–H groups in total. The number of amides is 2. The summed E-state index contributed by atoms with van der Waals surface area (Å²) in [6.07, 6.45) is 4.85. The van der Waals surface area contributed by atoms with E-state index in [4.69, 9.17) is 0 Å². The molecular formula is C35H30N2O4. The lowest BCUT2D eigenvalue weighted by atomic mass is 9.75. The fourth-order valence-electron chi connectivity index (χ4n) is 6.19. The van der Waals surface area contributed by atoms with Crippen molar-refractivity contribution in [2.24, 2.45) is 11.8 Å². The van der Waals surface area contributed by atoms with Crippen LogP contribution in [0.3, 0.4) is 0 Å². The van der Waals surface area contributed by atoms with Gasteiger partial charge in [-0.1, -0.05) is 116 Å². The van der Waals surface area contributed by atoms with Crippen molar-refractivity contribution >= 4 is 35.6 Å². The van der Waals surface area contributed by atoms with E-state index in [0.29, 0.717) is 11.3 Å². The van der Waals surface area contributed by atoms with Gasteiger partial charge in [-0.25, -0.2) is 9.69 Å². The Balaban J connectivity index is 1.42. The number of anilines is 1. The molecule has 2 aliphatic rings. The highest BCUT2D eigenvalue weighted by molar-refractivity contribution is 6.24. The van der Waals surface area contributed by atoms with Crippen molar-refractivity contribution in [3.8, 4) is 0 Å². The number of carbonyl (C=O) groups is 3. The second-order valence-corrected chi connectivity index (χ2v) is 10.5. The minimum Gasteiger partial charge on any atom is -0.480 e. The Labute approximate surface area is 239 Å². The summed E-state index contributed by atoms with van der Waals surface area (Å²) in [5.74, 6) is -4.10. The maximum absolute atomic E-state index is 14.1. The van der Waals surface area contributed by atoms with Gasteiger partial charge in [-0.05, 0) is 46.4 Å². The van der Waals surface area contributed by atoms with Crippen LogP contribution in [-0.2, 0) is 26.3 Å². The summed E-state index contributed by atoms with van der Waals surface area (Å²) in [4.78, 5) is 42.5. The molecule has 41 heavy (non-hydrogen) atoms. The van der Waals surface area contributed by atoms with Gasteiger partial charge in [0.2, 0.25) is 11.8 Å². The van der Waals surface area contributed by atoms with Crippen molar-refractivity contribution in [2.75, 3.05) is 4.90 Å². The van der Waals surface area contributed by atoms with Crippen molar-refractivity contribution in [1.29, 1.82) is 0 Å². The molecule has 4 aromatic carbocycles. The monoisotopic (exact) mass is 542 g/mol. The number of carboxylic acid groups (broad SMARTS) is 1. The maximum atomic E-state index is 14.1. The second kappa shape index (κ2) is 10.6. The van der Waals surface area contributed by atoms with E-state index in [-0.39, 0.29) is 0 Å². The van der Waals surface area contributed by atoms with Gasteiger partial charge in [0.1, 0.15) is 0 Å². The molecule has 0 bridgehead atoms. The molecule has 0 radical (unpaired) electrons. The van der Waals surface area contributed by atoms with Crippen molar-refractivity contribution < 1.29 is 19.5 Å². The molecule has 2 amide bonds. The normalized spacial score (nSPS) is 23.7. The molecule has 4 aromatic rings. The predicted octanol–water partition coefficient (Wildman–Crippen LogP) is 5.85. The van der Waals surface area contributed by atoms with E-state index < -0.39 is 41.2 Å². The molecule has 0 spiro atoms. The summed E-state index contributed by atoms with van der Waals surface area (Å²) in [6, 6.07) is 33.0. The van der Waals surface area contributed by atoms with Crippen LogP contribution in [0.15, 0.2) is 109 Å². The van der Waals surface area contributed by atoms with Crippen LogP contribution >= 0.6 is 0 Å². The number of rotatable bonds is 7. The molecule has 2 heterocycles. The lowest BCUT2D eigenvalue weighted by molar-refractivity contribution is -0.149. The van der Waals surface area contributed by atoms with Gasteiger partial charge in [0.05, 0.1) is 17.5 Å². The highest BCUT2D eigenvalue weighted by atomic mass is 16.4. The number of nitrogens with one attached hydrogen (secondary N) is 1. The Morgan fingerprint density at radius 2 is 1.39 bits per heavy atom. The molecule has 4 atom stereocenters. The van der Waals surface area contributed by atoms with Gasteiger partial charge in [-0.3, -0.25) is 14.9 Å². The lowest BCUT2D eigenvalue weighted by Crippen LogP contribution is -2.53. The van der Waals surface area contributed by atoms with Crippen LogP contribution in [-0.4, -0.2) is 22.9 Å². The van der Waals surface area contributed by atoms with Crippen molar-refractivity contribution in [2.45, 2.75) is 24.9 Å². The fraction of sp³-hybridized carbons (Fsp3) is 0.171. The van der Waals surface area contributed by atoms with Crippen LogP contribution in [0, 0.1) is 11.8 Å².